The van der Waals surface area contributed by atoms with Crippen LogP contribution in [0.3, 0.4) is 0 Å². The molecule has 2 heterocycles. The molecule has 0 radical (unpaired) electrons. The molecule has 0 saturated heterocycles. The van der Waals surface area contributed by atoms with Gasteiger partial charge in [0.25, 0.3) is 0 Å². The Bertz CT molecular complexity index is 1900. The van der Waals surface area contributed by atoms with Crippen LogP contribution in [-0.2, 0) is 0 Å². The molecule has 7 nitrogen and oxygen atoms in total. The number of aliphatic imine (C=N–C) groups is 2. The van der Waals surface area contributed by atoms with E-state index in [1.165, 1.54) is 0 Å². The minimum Gasteiger partial charge on any atom is -0.519 e. The molecule has 0 aromatic heterocycles. The van der Waals surface area contributed by atoms with Gasteiger partial charge in [0.05, 0.1) is 11.4 Å². The van der Waals surface area contributed by atoms with Gasteiger partial charge in [0.15, 0.2) is 0 Å². The van der Waals surface area contributed by atoms with Crippen LogP contribution in [0, 0.1) is 0 Å². The molecular weight excluding hydrogens is 586 g/mol. The highest BCUT2D eigenvalue weighted by Crippen LogP contribution is 2.34. The van der Waals surface area contributed by atoms with Crippen molar-refractivity contribution in [3.63, 3.8) is 0 Å². The van der Waals surface area contributed by atoms with Crippen molar-refractivity contribution in [1.29, 1.82) is 0 Å². The van der Waals surface area contributed by atoms with Gasteiger partial charge in [0.2, 0.25) is 0 Å². The van der Waals surface area contributed by atoms with Crippen LogP contribution in [-0.4, -0.2) is 26.7 Å². The van der Waals surface area contributed by atoms with Crippen molar-refractivity contribution in [3.05, 3.63) is 157 Å². The third-order valence-corrected chi connectivity index (χ3v) is 7.75. The maximum absolute atomic E-state index is 6.08. The molecule has 0 atom stereocenters. The van der Waals surface area contributed by atoms with Gasteiger partial charge in [0.1, 0.15) is 34.5 Å². The topological polar surface area (TPSA) is 70.9 Å². The average Bonchev–Trinajstić information content (AvgIpc) is 3.76. The summed E-state index contributed by atoms with van der Waals surface area (Å²) < 4.78 is 30.1. The molecule has 2 aliphatic heterocycles. The Kier molecular flexibility index (Phi) is 7.61. The van der Waals surface area contributed by atoms with Crippen molar-refractivity contribution in [3.8, 4) is 34.5 Å². The zero-order chi connectivity index (χ0) is 31.4. The molecule has 8 rings (SSSR count). The standard InChI is InChI=1S/C38H26B2N2O5/c1-3-11-33(39-44-35-13-5-6-14-36(35)45-39)27(9-1)25-41-29-17-21-31(22-18-29)43-32-23-19-30(20-24-32)42-26-28-10-2-4-12-34(28)40-46-37-15-7-8-16-38(37)47-40/h1-26H. The summed E-state index contributed by atoms with van der Waals surface area (Å²) in [6, 6.07) is 46.4. The second-order valence-electron chi connectivity index (χ2n) is 10.9. The van der Waals surface area contributed by atoms with Crippen molar-refractivity contribution in [2.75, 3.05) is 0 Å². The predicted octanol–water partition coefficient (Wildman–Crippen LogP) is 7.31. The lowest BCUT2D eigenvalue weighted by atomic mass is 9.76. The number of nitrogens with zero attached hydrogens (tertiary/aromatic N) is 2. The number of benzene rings is 6. The second kappa shape index (κ2) is 12.7. The molecule has 0 unspecified atom stereocenters. The number of ether oxygens (including phenoxy) is 1. The Morgan fingerprint density at radius 1 is 0.404 bits per heavy atom. The minimum atomic E-state index is -0.515. The highest BCUT2D eigenvalue weighted by Gasteiger charge is 2.36. The van der Waals surface area contributed by atoms with Gasteiger partial charge in [-0.3, -0.25) is 9.98 Å². The molecule has 0 spiro atoms. The van der Waals surface area contributed by atoms with Gasteiger partial charge in [0, 0.05) is 23.4 Å². The largest absolute Gasteiger partial charge is 0.633 e. The van der Waals surface area contributed by atoms with E-state index >= 15 is 0 Å². The Balaban J connectivity index is 0.897. The van der Waals surface area contributed by atoms with Crippen molar-refractivity contribution in [2.45, 2.75) is 0 Å². The van der Waals surface area contributed by atoms with Crippen LogP contribution in [0.4, 0.5) is 11.4 Å². The van der Waals surface area contributed by atoms with Gasteiger partial charge >= 0.3 is 14.2 Å². The first-order valence-electron chi connectivity index (χ1n) is 15.2. The summed E-state index contributed by atoms with van der Waals surface area (Å²) in [4.78, 5) is 9.36. The minimum absolute atomic E-state index is 0.515. The van der Waals surface area contributed by atoms with Gasteiger partial charge in [-0.25, -0.2) is 0 Å². The van der Waals surface area contributed by atoms with Gasteiger partial charge in [-0.2, -0.15) is 0 Å². The van der Waals surface area contributed by atoms with E-state index < -0.39 is 14.2 Å². The second-order valence-corrected chi connectivity index (χ2v) is 10.9. The van der Waals surface area contributed by atoms with Crippen LogP contribution >= 0.6 is 0 Å². The zero-order valence-corrected chi connectivity index (χ0v) is 25.1. The average molecular weight is 612 g/mol. The lowest BCUT2D eigenvalue weighted by Gasteiger charge is -2.08. The summed E-state index contributed by atoms with van der Waals surface area (Å²) in [7, 11) is -1.03. The van der Waals surface area contributed by atoms with E-state index in [0.29, 0.717) is 11.5 Å². The van der Waals surface area contributed by atoms with E-state index in [2.05, 4.69) is 9.98 Å². The molecule has 0 N–H and O–H groups in total. The first kappa shape index (κ1) is 28.3. The van der Waals surface area contributed by atoms with E-state index in [-0.39, 0.29) is 0 Å². The summed E-state index contributed by atoms with van der Waals surface area (Å²) in [5, 5.41) is 0. The lowest BCUT2D eigenvalue weighted by Crippen LogP contribution is -2.41. The van der Waals surface area contributed by atoms with Crippen LogP contribution in [0.15, 0.2) is 156 Å². The van der Waals surface area contributed by atoms with Crippen molar-refractivity contribution in [2.24, 2.45) is 9.98 Å². The first-order valence-corrected chi connectivity index (χ1v) is 15.2. The van der Waals surface area contributed by atoms with E-state index in [1.807, 2.05) is 158 Å². The normalized spacial score (nSPS) is 13.1. The molecule has 0 fully saturated rings. The molecule has 6 aromatic carbocycles. The summed E-state index contributed by atoms with van der Waals surface area (Å²) in [5.74, 6) is 4.36. The molecular formula is C38H26B2N2O5. The third-order valence-electron chi connectivity index (χ3n) is 7.75. The Labute approximate surface area is 273 Å². The van der Waals surface area contributed by atoms with E-state index in [0.717, 1.165) is 56.4 Å². The van der Waals surface area contributed by atoms with Crippen LogP contribution in [0.1, 0.15) is 11.1 Å². The van der Waals surface area contributed by atoms with Crippen molar-refractivity contribution < 1.29 is 23.4 Å². The molecule has 224 valence electrons. The number of fused-ring (bicyclic) bond motifs is 2. The number of rotatable bonds is 8. The van der Waals surface area contributed by atoms with Crippen LogP contribution < -0.4 is 34.3 Å². The SMILES string of the molecule is C(=Nc1ccc(Oc2ccc(N=Cc3ccccc3B3Oc4ccccc4O3)cc2)cc1)c1ccccc1B1Oc2ccccc2O1. The maximum atomic E-state index is 6.08. The Morgan fingerprint density at radius 2 is 0.745 bits per heavy atom. The third kappa shape index (κ3) is 6.19. The summed E-state index contributed by atoms with van der Waals surface area (Å²) in [6.45, 7) is 0. The molecule has 0 aliphatic carbocycles. The summed E-state index contributed by atoms with van der Waals surface area (Å²) >= 11 is 0. The van der Waals surface area contributed by atoms with Crippen LogP contribution in [0.5, 0.6) is 34.5 Å². The van der Waals surface area contributed by atoms with Gasteiger partial charge in [-0.05, 0) is 83.9 Å². The van der Waals surface area contributed by atoms with E-state index in [1.54, 1.807) is 0 Å². The molecule has 0 amide bonds. The quantitative estimate of drug-likeness (QED) is 0.133. The summed E-state index contributed by atoms with van der Waals surface area (Å²) in [5.41, 5.74) is 5.25. The van der Waals surface area contributed by atoms with E-state index in [9.17, 15) is 0 Å². The highest BCUT2D eigenvalue weighted by atomic mass is 16.6. The van der Waals surface area contributed by atoms with Crippen molar-refractivity contribution >= 4 is 49.0 Å². The molecule has 0 saturated carbocycles. The fourth-order valence-electron chi connectivity index (χ4n) is 5.36. The van der Waals surface area contributed by atoms with Crippen molar-refractivity contribution in [1.82, 2.24) is 0 Å². The van der Waals surface area contributed by atoms with Gasteiger partial charge in [-0.1, -0.05) is 72.8 Å². The molecule has 47 heavy (non-hydrogen) atoms. The van der Waals surface area contributed by atoms with Crippen LogP contribution in [0.2, 0.25) is 0 Å². The maximum Gasteiger partial charge on any atom is 0.633 e. The monoisotopic (exact) mass is 612 g/mol. The predicted molar refractivity (Wildman–Crippen MR) is 187 cm³/mol. The molecule has 0 bridgehead atoms. The molecule has 2 aliphatic rings. The molecule has 6 aromatic rings. The first-order chi connectivity index (χ1) is 23.2. The van der Waals surface area contributed by atoms with Gasteiger partial charge in [-0.15, -0.1) is 0 Å². The summed E-state index contributed by atoms with van der Waals surface area (Å²) in [6.07, 6.45) is 3.65. The Morgan fingerprint density at radius 3 is 1.13 bits per heavy atom. The van der Waals surface area contributed by atoms with Crippen LogP contribution in [0.25, 0.3) is 0 Å². The number of hydrogen-bond donors (Lipinski definition) is 0. The number of hydrogen-bond acceptors (Lipinski definition) is 7. The number of para-hydroxylation sites is 4. The fraction of sp³-hybridized carbons (Fsp3) is 0. The fourth-order valence-corrected chi connectivity index (χ4v) is 5.36. The van der Waals surface area contributed by atoms with E-state index in [4.69, 9.17) is 23.4 Å². The smallest absolute Gasteiger partial charge is 0.519 e. The van der Waals surface area contributed by atoms with Gasteiger partial charge < -0.3 is 23.4 Å². The molecule has 9 heteroatoms. The Hall–Kier alpha value is -6.21. The highest BCUT2D eigenvalue weighted by molar-refractivity contribution is 6.65. The zero-order valence-electron chi connectivity index (χ0n) is 25.1. The lowest BCUT2D eigenvalue weighted by molar-refractivity contribution is 0.483.